The fourth-order valence-corrected chi connectivity index (χ4v) is 4.49. The molecule has 0 bridgehead atoms. The summed E-state index contributed by atoms with van der Waals surface area (Å²) in [7, 11) is 0. The van der Waals surface area contributed by atoms with Crippen LogP contribution in [0.5, 0.6) is 0 Å². The van der Waals surface area contributed by atoms with Gasteiger partial charge in [-0.3, -0.25) is 9.59 Å². The number of nitrogens with one attached hydrogen (secondary N) is 2. The highest BCUT2D eigenvalue weighted by molar-refractivity contribution is 6.13. The van der Waals surface area contributed by atoms with E-state index in [1.807, 2.05) is 63.2 Å². The second kappa shape index (κ2) is 11.8. The Bertz CT molecular complexity index is 1480. The van der Waals surface area contributed by atoms with Crippen LogP contribution in [0.1, 0.15) is 46.5 Å². The predicted octanol–water partition coefficient (Wildman–Crippen LogP) is 4.55. The molecule has 204 valence electrons. The van der Waals surface area contributed by atoms with Gasteiger partial charge in [0, 0.05) is 46.8 Å². The second-order valence-electron chi connectivity index (χ2n) is 9.66. The number of carbonyl (C=O) groups excluding carboxylic acids is 2. The minimum Gasteiger partial charge on any atom is -0.455 e. The van der Waals surface area contributed by atoms with Crippen molar-refractivity contribution < 1.29 is 29.3 Å². The number of anilines is 1. The van der Waals surface area contributed by atoms with Crippen molar-refractivity contribution in [2.24, 2.45) is 0 Å². The number of Topliss-reactive ketones (excluding diaryl/α,β-unsaturated/α-hetero) is 1. The quantitative estimate of drug-likeness (QED) is 0.180. The van der Waals surface area contributed by atoms with E-state index in [9.17, 15) is 24.9 Å². The molecule has 0 atom stereocenters. The molecule has 5 N–H and O–H groups in total. The Kier molecular flexibility index (Phi) is 8.50. The predicted molar refractivity (Wildman–Crippen MR) is 152 cm³/mol. The summed E-state index contributed by atoms with van der Waals surface area (Å²) in [6.07, 6.45) is 0.315. The van der Waals surface area contributed by atoms with Gasteiger partial charge in [0.05, 0.1) is 25.4 Å². The molecule has 0 unspecified atom stereocenters. The Morgan fingerprint density at radius 2 is 1.59 bits per heavy atom. The normalized spacial score (nSPS) is 11.5. The van der Waals surface area contributed by atoms with Crippen LogP contribution < -0.4 is 10.6 Å². The van der Waals surface area contributed by atoms with E-state index in [0.29, 0.717) is 35.3 Å². The summed E-state index contributed by atoms with van der Waals surface area (Å²) in [5.41, 5.74) is 4.04. The van der Waals surface area contributed by atoms with Crippen molar-refractivity contribution in [3.8, 4) is 22.5 Å². The van der Waals surface area contributed by atoms with Crippen LogP contribution in [0, 0.1) is 6.92 Å². The number of fused-ring (bicyclic) bond motifs is 1. The Morgan fingerprint density at radius 3 is 2.21 bits per heavy atom. The fraction of sp³-hybridized carbons (Fsp3) is 0.290. The smallest absolute Gasteiger partial charge is 0.251 e. The number of benzene rings is 3. The largest absolute Gasteiger partial charge is 0.455 e. The SMILES string of the molecule is CCNc1cc2oc(-c3ccc(C)cc3)c(C(=O)CC)c2cc1-c1cccc(C(=O)NC(CO)(CO)CO)c1. The average molecular weight is 531 g/mol. The molecule has 3 aromatic carbocycles. The molecule has 8 nitrogen and oxygen atoms in total. The summed E-state index contributed by atoms with van der Waals surface area (Å²) < 4.78 is 6.28. The second-order valence-corrected chi connectivity index (χ2v) is 9.66. The number of aliphatic hydroxyl groups is 3. The summed E-state index contributed by atoms with van der Waals surface area (Å²) in [6, 6.07) is 18.5. The lowest BCUT2D eigenvalue weighted by Crippen LogP contribution is -2.57. The molecule has 0 fully saturated rings. The van der Waals surface area contributed by atoms with Crippen LogP contribution in [-0.4, -0.2) is 58.9 Å². The molecule has 0 saturated heterocycles. The number of furan rings is 1. The molecule has 1 amide bonds. The fourth-order valence-electron chi connectivity index (χ4n) is 4.49. The van der Waals surface area contributed by atoms with Crippen molar-refractivity contribution in [3.05, 3.63) is 77.4 Å². The van der Waals surface area contributed by atoms with E-state index >= 15 is 0 Å². The van der Waals surface area contributed by atoms with Crippen LogP contribution >= 0.6 is 0 Å². The van der Waals surface area contributed by atoms with Gasteiger partial charge in [-0.05, 0) is 37.6 Å². The lowest BCUT2D eigenvalue weighted by atomic mass is 9.95. The molecule has 0 aliphatic rings. The molecule has 0 saturated carbocycles. The van der Waals surface area contributed by atoms with Gasteiger partial charge in [0.25, 0.3) is 5.91 Å². The maximum absolute atomic E-state index is 13.2. The average Bonchev–Trinajstić information content (AvgIpc) is 3.34. The van der Waals surface area contributed by atoms with E-state index in [0.717, 1.165) is 27.9 Å². The van der Waals surface area contributed by atoms with E-state index in [-0.39, 0.29) is 11.3 Å². The number of amides is 1. The van der Waals surface area contributed by atoms with E-state index < -0.39 is 31.3 Å². The Hall–Kier alpha value is -3.98. The third-order valence-corrected chi connectivity index (χ3v) is 6.83. The molecule has 0 aliphatic carbocycles. The highest BCUT2D eigenvalue weighted by Crippen LogP contribution is 2.40. The standard InChI is InChI=1S/C31H34N2O6/c1-4-26(37)28-24-14-23(21-7-6-8-22(13-21)30(38)33-31(16-34,17-35)18-36)25(32-5-2)15-27(24)39-29(28)20-11-9-19(3)10-12-20/h6-15,32,34-36H,4-5,16-18H2,1-3H3,(H,33,38). The Labute approximate surface area is 227 Å². The topological polar surface area (TPSA) is 132 Å². The van der Waals surface area contributed by atoms with Gasteiger partial charge < -0.3 is 30.4 Å². The van der Waals surface area contributed by atoms with Gasteiger partial charge in [-0.25, -0.2) is 0 Å². The zero-order chi connectivity index (χ0) is 28.2. The van der Waals surface area contributed by atoms with Gasteiger partial charge in [-0.15, -0.1) is 0 Å². The summed E-state index contributed by atoms with van der Waals surface area (Å²) in [4.78, 5) is 26.2. The summed E-state index contributed by atoms with van der Waals surface area (Å²) in [5, 5.41) is 35.4. The molecular formula is C31H34N2O6. The Morgan fingerprint density at radius 1 is 0.897 bits per heavy atom. The molecular weight excluding hydrogens is 496 g/mol. The first-order valence-corrected chi connectivity index (χ1v) is 13.0. The van der Waals surface area contributed by atoms with Crippen LogP contribution in [0.15, 0.2) is 65.1 Å². The van der Waals surface area contributed by atoms with Crippen molar-refractivity contribution in [1.29, 1.82) is 0 Å². The van der Waals surface area contributed by atoms with Crippen LogP contribution in [0.3, 0.4) is 0 Å². The van der Waals surface area contributed by atoms with Crippen LogP contribution in [0.4, 0.5) is 5.69 Å². The van der Waals surface area contributed by atoms with Crippen molar-refractivity contribution in [1.82, 2.24) is 5.32 Å². The third kappa shape index (κ3) is 5.59. The zero-order valence-corrected chi connectivity index (χ0v) is 22.4. The third-order valence-electron chi connectivity index (χ3n) is 6.83. The number of aliphatic hydroxyl groups excluding tert-OH is 3. The molecule has 0 aliphatic heterocycles. The molecule has 1 aromatic heterocycles. The first kappa shape index (κ1) is 28.0. The first-order valence-electron chi connectivity index (χ1n) is 13.0. The van der Waals surface area contributed by atoms with Gasteiger partial charge in [0.2, 0.25) is 0 Å². The van der Waals surface area contributed by atoms with Gasteiger partial charge in [-0.2, -0.15) is 0 Å². The molecule has 4 aromatic rings. The van der Waals surface area contributed by atoms with Crippen molar-refractivity contribution >= 4 is 28.3 Å². The highest BCUT2D eigenvalue weighted by Gasteiger charge is 2.30. The number of carbonyl (C=O) groups is 2. The van der Waals surface area contributed by atoms with Gasteiger partial charge in [0.1, 0.15) is 16.9 Å². The monoisotopic (exact) mass is 530 g/mol. The van der Waals surface area contributed by atoms with Crippen molar-refractivity contribution in [3.63, 3.8) is 0 Å². The van der Waals surface area contributed by atoms with Gasteiger partial charge in [-0.1, -0.05) is 48.9 Å². The summed E-state index contributed by atoms with van der Waals surface area (Å²) in [5.74, 6) is -0.0576. The highest BCUT2D eigenvalue weighted by atomic mass is 16.3. The maximum Gasteiger partial charge on any atom is 0.251 e. The number of hydrogen-bond donors (Lipinski definition) is 5. The van der Waals surface area contributed by atoms with Crippen LogP contribution in [-0.2, 0) is 0 Å². The maximum atomic E-state index is 13.2. The molecule has 0 radical (unpaired) electrons. The van der Waals surface area contributed by atoms with Crippen molar-refractivity contribution in [2.45, 2.75) is 32.7 Å². The first-order chi connectivity index (χ1) is 18.8. The minimum absolute atomic E-state index is 0.0343. The lowest BCUT2D eigenvalue weighted by Gasteiger charge is -2.28. The van der Waals surface area contributed by atoms with E-state index in [1.165, 1.54) is 0 Å². The molecule has 0 spiro atoms. The molecule has 1 heterocycles. The minimum atomic E-state index is -1.54. The lowest BCUT2D eigenvalue weighted by molar-refractivity contribution is 0.0375. The Balaban J connectivity index is 1.87. The van der Waals surface area contributed by atoms with E-state index in [4.69, 9.17) is 4.42 Å². The molecule has 8 heteroatoms. The number of aryl methyl sites for hydroxylation is 1. The summed E-state index contributed by atoms with van der Waals surface area (Å²) >= 11 is 0. The number of rotatable bonds is 11. The summed E-state index contributed by atoms with van der Waals surface area (Å²) in [6.45, 7) is 4.57. The van der Waals surface area contributed by atoms with Crippen LogP contribution in [0.25, 0.3) is 33.4 Å². The van der Waals surface area contributed by atoms with Gasteiger partial charge in [0.15, 0.2) is 5.78 Å². The zero-order valence-electron chi connectivity index (χ0n) is 22.4. The van der Waals surface area contributed by atoms with Crippen LogP contribution in [0.2, 0.25) is 0 Å². The van der Waals surface area contributed by atoms with E-state index in [1.54, 1.807) is 18.2 Å². The number of hydrogen-bond acceptors (Lipinski definition) is 7. The molecule has 39 heavy (non-hydrogen) atoms. The van der Waals surface area contributed by atoms with Crippen molar-refractivity contribution in [2.75, 3.05) is 31.7 Å². The number of ketones is 1. The van der Waals surface area contributed by atoms with Gasteiger partial charge >= 0.3 is 0 Å². The van der Waals surface area contributed by atoms with E-state index in [2.05, 4.69) is 10.6 Å². The molecule has 4 rings (SSSR count).